The van der Waals surface area contributed by atoms with Crippen molar-refractivity contribution in [3.05, 3.63) is 147 Å². The summed E-state index contributed by atoms with van der Waals surface area (Å²) in [6.07, 6.45) is 0.271. The molecule has 6 aromatic carbocycles. The fourth-order valence-corrected chi connectivity index (χ4v) is 14.0. The zero-order valence-corrected chi connectivity index (χ0v) is 41.7. The van der Waals surface area contributed by atoms with Gasteiger partial charge >= 0.3 is 0 Å². The highest BCUT2D eigenvalue weighted by atomic mass is 79.9. The van der Waals surface area contributed by atoms with Crippen LogP contribution in [-0.4, -0.2) is 22.5 Å². The third-order valence-electron chi connectivity index (χ3n) is 10.9. The summed E-state index contributed by atoms with van der Waals surface area (Å²) < 4.78 is 13.5. The van der Waals surface area contributed by atoms with E-state index in [0.717, 1.165) is 16.0 Å². The molecule has 2 nitrogen and oxygen atoms in total. The van der Waals surface area contributed by atoms with Crippen molar-refractivity contribution in [2.24, 2.45) is 0 Å². The lowest BCUT2D eigenvalue weighted by Gasteiger charge is -2.43. The zero-order valence-electron chi connectivity index (χ0n) is 39.2. The molecule has 0 amide bonds. The van der Waals surface area contributed by atoms with Crippen molar-refractivity contribution in [2.75, 3.05) is 0 Å². The maximum absolute atomic E-state index is 6.51. The third kappa shape index (κ3) is 10.5. The van der Waals surface area contributed by atoms with Crippen LogP contribution in [0.1, 0.15) is 103 Å². The largest absolute Gasteiger partial charge is 0.490 e. The number of benzene rings is 6. The number of hydrogen-bond acceptors (Lipinski definition) is 2. The molecule has 60 heavy (non-hydrogen) atoms. The molecular formula is C56H68BrO2P. The van der Waals surface area contributed by atoms with Crippen molar-refractivity contribution in [3.8, 4) is 56.0 Å². The SMILES string of the molecule is Cc1cc(C)c(-c2cccc(OC(C)C)c2Br)c(C)c1-c1ccccc1.Cc1cc(C)c(-c2cccc(OC(C)C)c2P(C(C)(C)C)C(C)(C)C)c(C)c1-c1ccccc1. The van der Waals surface area contributed by atoms with E-state index in [4.69, 9.17) is 9.47 Å². The van der Waals surface area contributed by atoms with E-state index in [0.29, 0.717) is 0 Å². The molecule has 0 spiro atoms. The molecule has 0 bridgehead atoms. The Balaban J connectivity index is 0.000000236. The van der Waals surface area contributed by atoms with Gasteiger partial charge in [0.2, 0.25) is 0 Å². The van der Waals surface area contributed by atoms with E-state index in [1.807, 2.05) is 6.07 Å². The van der Waals surface area contributed by atoms with Gasteiger partial charge in [-0.25, -0.2) is 0 Å². The monoisotopic (exact) mass is 882 g/mol. The summed E-state index contributed by atoms with van der Waals surface area (Å²) in [7, 11) is -0.555. The van der Waals surface area contributed by atoms with Gasteiger partial charge < -0.3 is 9.47 Å². The van der Waals surface area contributed by atoms with Crippen molar-refractivity contribution in [3.63, 3.8) is 0 Å². The Morgan fingerprint density at radius 2 is 0.817 bits per heavy atom. The van der Waals surface area contributed by atoms with Crippen molar-refractivity contribution < 1.29 is 9.47 Å². The van der Waals surface area contributed by atoms with E-state index in [-0.39, 0.29) is 22.5 Å². The second-order valence-corrected chi connectivity index (χ2v) is 23.4. The highest BCUT2D eigenvalue weighted by Gasteiger charge is 2.39. The fourth-order valence-electron chi connectivity index (χ4n) is 9.33. The minimum Gasteiger partial charge on any atom is -0.490 e. The summed E-state index contributed by atoms with van der Waals surface area (Å²) in [4.78, 5) is 0. The molecule has 0 aliphatic heterocycles. The van der Waals surface area contributed by atoms with E-state index in [9.17, 15) is 0 Å². The summed E-state index contributed by atoms with van der Waals surface area (Å²) in [6, 6.07) is 39.0. The molecule has 0 fully saturated rings. The minimum absolute atomic E-state index is 0.130. The summed E-state index contributed by atoms with van der Waals surface area (Å²) in [5, 5.41) is 1.67. The first-order valence-electron chi connectivity index (χ1n) is 21.5. The molecule has 316 valence electrons. The number of halogens is 1. The van der Waals surface area contributed by atoms with Crippen molar-refractivity contribution in [2.45, 2.75) is 133 Å². The Morgan fingerprint density at radius 1 is 0.450 bits per heavy atom. The average Bonchev–Trinajstić information content (AvgIpc) is 3.13. The number of aryl methyl sites for hydroxylation is 4. The highest BCUT2D eigenvalue weighted by Crippen LogP contribution is 2.61. The lowest BCUT2D eigenvalue weighted by Crippen LogP contribution is -2.33. The number of ether oxygens (including phenoxy) is 2. The molecule has 0 unspecified atom stereocenters. The van der Waals surface area contributed by atoms with Gasteiger partial charge in [-0.15, -0.1) is 0 Å². The van der Waals surface area contributed by atoms with Crippen LogP contribution in [-0.2, 0) is 0 Å². The van der Waals surface area contributed by atoms with Gasteiger partial charge in [0.1, 0.15) is 11.5 Å². The summed E-state index contributed by atoms with van der Waals surface area (Å²) in [5.74, 6) is 1.93. The van der Waals surface area contributed by atoms with Crippen LogP contribution in [0.15, 0.2) is 114 Å². The van der Waals surface area contributed by atoms with E-state index >= 15 is 0 Å². The van der Waals surface area contributed by atoms with Crippen LogP contribution < -0.4 is 14.8 Å². The van der Waals surface area contributed by atoms with Crippen LogP contribution in [0.2, 0.25) is 0 Å². The Bertz CT molecular complexity index is 2400. The van der Waals surface area contributed by atoms with Crippen LogP contribution >= 0.6 is 23.9 Å². The quantitative estimate of drug-likeness (QED) is 0.135. The summed E-state index contributed by atoms with van der Waals surface area (Å²) in [6.45, 7) is 36.1. The zero-order chi connectivity index (χ0) is 44.3. The molecule has 0 N–H and O–H groups in total. The first kappa shape index (κ1) is 46.9. The molecule has 0 saturated heterocycles. The van der Waals surface area contributed by atoms with Crippen LogP contribution in [0.3, 0.4) is 0 Å². The molecular weight excluding hydrogens is 815 g/mol. The second kappa shape index (κ2) is 19.3. The molecule has 6 rings (SSSR count). The minimum atomic E-state index is -0.555. The highest BCUT2D eigenvalue weighted by molar-refractivity contribution is 9.10. The Kier molecular flexibility index (Phi) is 15.0. The van der Waals surface area contributed by atoms with Crippen LogP contribution in [0.4, 0.5) is 0 Å². The molecule has 0 heterocycles. The van der Waals surface area contributed by atoms with E-state index < -0.39 is 7.92 Å². The number of hydrogen-bond donors (Lipinski definition) is 0. The third-order valence-corrected chi connectivity index (χ3v) is 15.3. The fraction of sp³-hybridized carbons (Fsp3) is 0.357. The molecule has 0 aliphatic rings. The van der Waals surface area contributed by atoms with Crippen molar-refractivity contribution >= 4 is 29.2 Å². The predicted molar refractivity (Wildman–Crippen MR) is 268 cm³/mol. The van der Waals surface area contributed by atoms with E-state index in [1.54, 1.807) is 0 Å². The van der Waals surface area contributed by atoms with E-state index in [2.05, 4.69) is 230 Å². The van der Waals surface area contributed by atoms with Gasteiger partial charge in [-0.2, -0.15) is 0 Å². The van der Waals surface area contributed by atoms with Gasteiger partial charge in [0.15, 0.2) is 0 Å². The van der Waals surface area contributed by atoms with Gasteiger partial charge in [-0.3, -0.25) is 0 Å². The molecule has 4 heteroatoms. The lowest BCUT2D eigenvalue weighted by atomic mass is 9.86. The average molecular weight is 884 g/mol. The predicted octanol–water partition coefficient (Wildman–Crippen LogP) is 16.9. The maximum atomic E-state index is 6.51. The van der Waals surface area contributed by atoms with Gasteiger partial charge in [0.05, 0.1) is 16.7 Å². The van der Waals surface area contributed by atoms with Crippen molar-refractivity contribution in [1.82, 2.24) is 0 Å². The van der Waals surface area contributed by atoms with Crippen LogP contribution in [0.25, 0.3) is 44.5 Å². The molecule has 6 aromatic rings. The Labute approximate surface area is 373 Å². The van der Waals surface area contributed by atoms with Crippen LogP contribution in [0, 0.1) is 41.5 Å². The van der Waals surface area contributed by atoms with Crippen molar-refractivity contribution in [1.29, 1.82) is 0 Å². The Morgan fingerprint density at radius 3 is 1.23 bits per heavy atom. The lowest BCUT2D eigenvalue weighted by molar-refractivity contribution is 0.241. The van der Waals surface area contributed by atoms with Gasteiger partial charge in [-0.1, -0.05) is 147 Å². The normalized spacial score (nSPS) is 11.9. The Hall–Kier alpha value is -4.17. The smallest absolute Gasteiger partial charge is 0.134 e. The molecule has 0 saturated carbocycles. The topological polar surface area (TPSA) is 18.5 Å². The standard InChI is InChI=1S/C32H43OP.C24H25BrO/c1-21(2)33-27-19-15-18-26(30(27)34(31(6,7)8)32(9,10)11)29-23(4)20-22(3)28(24(29)5)25-16-13-12-14-17-25;1-15(2)26-21-13-9-12-20(24(21)25)23-17(4)14-16(3)22(18(23)5)19-10-7-6-8-11-19/h12-21H,1-11H3;6-15H,1-5H3. The molecule has 0 aromatic heterocycles. The van der Waals surface area contributed by atoms with E-state index in [1.165, 1.54) is 83.2 Å². The summed E-state index contributed by atoms with van der Waals surface area (Å²) >= 11 is 3.79. The summed E-state index contributed by atoms with van der Waals surface area (Å²) in [5.41, 5.74) is 18.2. The van der Waals surface area contributed by atoms with Gasteiger partial charge in [0, 0.05) is 10.9 Å². The molecule has 0 atom stereocenters. The first-order chi connectivity index (χ1) is 28.1. The maximum Gasteiger partial charge on any atom is 0.134 e. The van der Waals surface area contributed by atoms with Crippen LogP contribution in [0.5, 0.6) is 11.5 Å². The number of rotatable bonds is 9. The van der Waals surface area contributed by atoms with Gasteiger partial charge in [0.25, 0.3) is 0 Å². The first-order valence-corrected chi connectivity index (χ1v) is 23.6. The second-order valence-electron chi connectivity index (χ2n) is 18.8. The molecule has 0 aliphatic carbocycles. The van der Waals surface area contributed by atoms with Gasteiger partial charge in [-0.05, 0) is 180 Å². The molecule has 0 radical (unpaired) electrons.